The molecule has 2 N–H and O–H groups in total. The molecule has 1 aliphatic carbocycles. The summed E-state index contributed by atoms with van der Waals surface area (Å²) < 4.78 is 43.1. The highest BCUT2D eigenvalue weighted by Crippen LogP contribution is 2.31. The van der Waals surface area contributed by atoms with Crippen molar-refractivity contribution in [1.82, 2.24) is 4.98 Å². The first-order valence-electron chi connectivity index (χ1n) is 9.07. The number of ether oxygens (including phenoxy) is 1. The zero-order chi connectivity index (χ0) is 20.3. The van der Waals surface area contributed by atoms with E-state index in [1.165, 1.54) is 0 Å². The first kappa shape index (κ1) is 26.0. The van der Waals surface area contributed by atoms with E-state index >= 15 is 0 Å². The number of pyridine rings is 1. The maximum Gasteiger partial charge on any atom is 0.417 e. The lowest BCUT2D eigenvalue weighted by molar-refractivity contribution is -0.137. The van der Waals surface area contributed by atoms with Crippen molar-refractivity contribution in [3.8, 4) is 11.6 Å². The fourth-order valence-corrected chi connectivity index (χ4v) is 3.29. The van der Waals surface area contributed by atoms with Crippen LogP contribution in [0.15, 0.2) is 42.6 Å². The Bertz CT molecular complexity index is 818. The van der Waals surface area contributed by atoms with Gasteiger partial charge in [0, 0.05) is 37.5 Å². The van der Waals surface area contributed by atoms with Crippen LogP contribution in [0.3, 0.4) is 0 Å². The second kappa shape index (κ2) is 10.8. The number of carbonyl (C=O) groups is 1. The van der Waals surface area contributed by atoms with E-state index < -0.39 is 11.7 Å². The van der Waals surface area contributed by atoms with E-state index in [1.807, 2.05) is 0 Å². The quantitative estimate of drug-likeness (QED) is 0.657. The first-order valence-corrected chi connectivity index (χ1v) is 9.07. The summed E-state index contributed by atoms with van der Waals surface area (Å²) in [5.74, 6) is 0.693. The molecule has 30 heavy (non-hydrogen) atoms. The molecule has 1 amide bonds. The summed E-state index contributed by atoms with van der Waals surface area (Å²) in [7, 11) is 1.70. The lowest BCUT2D eigenvalue weighted by Crippen LogP contribution is -2.32. The molecule has 3 rings (SSSR count). The van der Waals surface area contributed by atoms with Crippen molar-refractivity contribution in [2.45, 2.75) is 37.9 Å². The van der Waals surface area contributed by atoms with Gasteiger partial charge in [-0.15, -0.1) is 24.8 Å². The van der Waals surface area contributed by atoms with Gasteiger partial charge < -0.3 is 15.4 Å². The van der Waals surface area contributed by atoms with Crippen molar-refractivity contribution >= 4 is 36.4 Å². The van der Waals surface area contributed by atoms with Crippen molar-refractivity contribution in [3.05, 3.63) is 48.2 Å². The van der Waals surface area contributed by atoms with Crippen molar-refractivity contribution in [1.29, 1.82) is 0 Å². The number of benzene rings is 1. The molecule has 0 saturated heterocycles. The molecule has 2 aromatic rings. The van der Waals surface area contributed by atoms with Gasteiger partial charge in [-0.3, -0.25) is 4.79 Å². The Labute approximate surface area is 185 Å². The topological polar surface area (TPSA) is 68.5 Å². The Kier molecular flexibility index (Phi) is 9.39. The molecule has 1 heterocycles. The summed E-state index contributed by atoms with van der Waals surface area (Å²) in [5, 5.41) is 0. The van der Waals surface area contributed by atoms with E-state index in [9.17, 15) is 18.0 Å². The van der Waals surface area contributed by atoms with E-state index in [1.54, 1.807) is 36.2 Å². The third kappa shape index (κ3) is 6.48. The minimum Gasteiger partial charge on any atom is -0.439 e. The summed E-state index contributed by atoms with van der Waals surface area (Å²) in [6, 6.07) is 8.87. The highest BCUT2D eigenvalue weighted by molar-refractivity contribution is 5.93. The van der Waals surface area contributed by atoms with Gasteiger partial charge in [-0.1, -0.05) is 6.42 Å². The number of hydrogen-bond acceptors (Lipinski definition) is 4. The Morgan fingerprint density at radius 2 is 1.83 bits per heavy atom. The summed E-state index contributed by atoms with van der Waals surface area (Å²) in [4.78, 5) is 17.7. The maximum absolute atomic E-state index is 12.6. The van der Waals surface area contributed by atoms with Crippen LogP contribution >= 0.6 is 24.8 Å². The van der Waals surface area contributed by atoms with Gasteiger partial charge in [0.05, 0.1) is 5.56 Å². The normalized spacial score (nSPS) is 18.2. The number of rotatable bonds is 5. The van der Waals surface area contributed by atoms with Gasteiger partial charge in [0.15, 0.2) is 0 Å². The van der Waals surface area contributed by atoms with Gasteiger partial charge in [-0.2, -0.15) is 13.2 Å². The molecule has 2 atom stereocenters. The third-order valence-corrected chi connectivity index (χ3v) is 5.04. The number of nitrogens with two attached hydrogens (primary N) is 1. The average molecular weight is 466 g/mol. The number of carbonyl (C=O) groups excluding carboxylic acids is 1. The predicted molar refractivity (Wildman–Crippen MR) is 114 cm³/mol. The Hall–Kier alpha value is -2.03. The molecular formula is C20H24Cl2F3N3O2. The van der Waals surface area contributed by atoms with Crippen molar-refractivity contribution in [3.63, 3.8) is 0 Å². The minimum absolute atomic E-state index is 0. The van der Waals surface area contributed by atoms with Crippen LogP contribution in [0.25, 0.3) is 0 Å². The number of anilines is 1. The van der Waals surface area contributed by atoms with Crippen LogP contribution in [0.2, 0.25) is 0 Å². The zero-order valence-electron chi connectivity index (χ0n) is 16.3. The minimum atomic E-state index is -4.44. The Balaban J connectivity index is 0.00000225. The van der Waals surface area contributed by atoms with E-state index in [0.29, 0.717) is 17.9 Å². The number of hydrogen-bond donors (Lipinski definition) is 1. The number of amides is 1. The highest BCUT2D eigenvalue weighted by Gasteiger charge is 2.31. The predicted octanol–water partition coefficient (Wildman–Crippen LogP) is 5.22. The summed E-state index contributed by atoms with van der Waals surface area (Å²) in [6.07, 6.45) is -0.284. The summed E-state index contributed by atoms with van der Waals surface area (Å²) in [5.41, 5.74) is 5.90. The molecule has 0 unspecified atom stereocenters. The monoisotopic (exact) mass is 465 g/mol. The van der Waals surface area contributed by atoms with E-state index in [4.69, 9.17) is 10.5 Å². The van der Waals surface area contributed by atoms with E-state index in [0.717, 1.165) is 37.6 Å². The summed E-state index contributed by atoms with van der Waals surface area (Å²) in [6.45, 7) is 0. The molecule has 1 aromatic carbocycles. The largest absolute Gasteiger partial charge is 0.439 e. The standard InChI is InChI=1S/C20H22F3N3O2.2ClH/c1-26(19(27)11-13-3-2-4-17(13)24)15-6-8-16(9-7-15)28-18-10-5-14(12-25-18)20(21,22)23;;/h5-10,12-13,17H,2-4,11,24H2,1H3;2*1H/t13-,17+;;/m0../s1. The lowest BCUT2D eigenvalue weighted by atomic mass is 9.99. The average Bonchev–Trinajstić information content (AvgIpc) is 3.06. The molecule has 10 heteroatoms. The number of nitrogens with zero attached hydrogens (tertiary/aromatic N) is 2. The SMILES string of the molecule is CN(C(=O)C[C@@H]1CCC[C@H]1N)c1ccc(Oc2ccc(C(F)(F)F)cn2)cc1.Cl.Cl. The molecule has 1 saturated carbocycles. The molecule has 0 aliphatic heterocycles. The smallest absolute Gasteiger partial charge is 0.417 e. The van der Waals surface area contributed by atoms with Crippen LogP contribution in [0.1, 0.15) is 31.2 Å². The van der Waals surface area contributed by atoms with E-state index in [-0.39, 0.29) is 48.6 Å². The van der Waals surface area contributed by atoms with Crippen molar-refractivity contribution in [2.24, 2.45) is 11.7 Å². The van der Waals surface area contributed by atoms with Gasteiger partial charge in [0.25, 0.3) is 0 Å². The molecule has 0 radical (unpaired) electrons. The third-order valence-electron chi connectivity index (χ3n) is 5.04. The fraction of sp³-hybridized carbons (Fsp3) is 0.400. The first-order chi connectivity index (χ1) is 13.2. The molecule has 1 fully saturated rings. The molecule has 1 aliphatic rings. The maximum atomic E-state index is 12.6. The number of halogens is 5. The number of aromatic nitrogens is 1. The van der Waals surface area contributed by atoms with E-state index in [2.05, 4.69) is 4.98 Å². The van der Waals surface area contributed by atoms with Crippen LogP contribution in [0, 0.1) is 5.92 Å². The zero-order valence-corrected chi connectivity index (χ0v) is 17.9. The lowest BCUT2D eigenvalue weighted by Gasteiger charge is -2.21. The van der Waals surface area contributed by atoms with Crippen LogP contribution < -0.4 is 15.4 Å². The second-order valence-electron chi connectivity index (χ2n) is 6.99. The molecule has 166 valence electrons. The van der Waals surface area contributed by atoms with Crippen LogP contribution in [-0.4, -0.2) is 24.0 Å². The van der Waals surface area contributed by atoms with Gasteiger partial charge in [-0.25, -0.2) is 4.98 Å². The molecule has 5 nitrogen and oxygen atoms in total. The van der Waals surface area contributed by atoms with Gasteiger partial charge in [0.1, 0.15) is 5.75 Å². The number of alkyl halides is 3. The van der Waals surface area contributed by atoms with Crippen LogP contribution in [0.5, 0.6) is 11.6 Å². The molecule has 1 aromatic heterocycles. The Morgan fingerprint density at radius 3 is 2.33 bits per heavy atom. The second-order valence-corrected chi connectivity index (χ2v) is 6.99. The van der Waals surface area contributed by atoms with Crippen molar-refractivity contribution < 1.29 is 22.7 Å². The molecular weight excluding hydrogens is 442 g/mol. The van der Waals surface area contributed by atoms with Crippen molar-refractivity contribution in [2.75, 3.05) is 11.9 Å². The van der Waals surface area contributed by atoms with Gasteiger partial charge >= 0.3 is 6.18 Å². The molecule has 0 spiro atoms. The van der Waals surface area contributed by atoms with Crippen LogP contribution in [0.4, 0.5) is 18.9 Å². The van der Waals surface area contributed by atoms with Gasteiger partial charge in [-0.05, 0) is 49.1 Å². The fourth-order valence-electron chi connectivity index (χ4n) is 3.29. The van der Waals surface area contributed by atoms with Gasteiger partial charge in [0.2, 0.25) is 11.8 Å². The van der Waals surface area contributed by atoms with Crippen LogP contribution in [-0.2, 0) is 11.0 Å². The summed E-state index contributed by atoms with van der Waals surface area (Å²) >= 11 is 0. The highest BCUT2D eigenvalue weighted by atomic mass is 35.5. The Morgan fingerprint density at radius 1 is 1.17 bits per heavy atom. The molecule has 0 bridgehead atoms.